The van der Waals surface area contributed by atoms with E-state index < -0.39 is 19.1 Å². The van der Waals surface area contributed by atoms with E-state index in [0.29, 0.717) is 12.2 Å². The van der Waals surface area contributed by atoms with Crippen molar-refractivity contribution in [2.24, 2.45) is 5.92 Å². The standard InChI is InChI=1S/C9H18O2.C6H12F2O.C4H8F2O.C4H10O/c1-8(2)11-7-9-3-5-10-6-4-9;1-5(2)9-4-6(3,7)8;1-3(2)7-4(5)6;1-4(2)5-3/h8-9H,3-7H2,1-2H3;5H,4H2,1-3H3;3-4H,1-2H3;4H,1-3H3. The Morgan fingerprint density at radius 1 is 0.812 bits per heavy atom. The molecule has 0 atom stereocenters. The predicted molar refractivity (Wildman–Crippen MR) is 121 cm³/mol. The van der Waals surface area contributed by atoms with Crippen LogP contribution < -0.4 is 0 Å². The summed E-state index contributed by atoms with van der Waals surface area (Å²) in [5, 5.41) is 0. The van der Waals surface area contributed by atoms with Crippen LogP contribution in [0.3, 0.4) is 0 Å². The van der Waals surface area contributed by atoms with Crippen LogP contribution in [0.4, 0.5) is 17.6 Å². The van der Waals surface area contributed by atoms with Crippen LogP contribution in [0.25, 0.3) is 0 Å². The number of alkyl halides is 4. The van der Waals surface area contributed by atoms with Crippen molar-refractivity contribution in [3.8, 4) is 0 Å². The average Bonchev–Trinajstić information content (AvgIpc) is 2.65. The van der Waals surface area contributed by atoms with E-state index >= 15 is 0 Å². The summed E-state index contributed by atoms with van der Waals surface area (Å²) in [5.41, 5.74) is 0. The number of rotatable bonds is 9. The fourth-order valence-corrected chi connectivity index (χ4v) is 1.76. The van der Waals surface area contributed by atoms with E-state index in [1.54, 1.807) is 34.8 Å². The summed E-state index contributed by atoms with van der Waals surface area (Å²) < 4.78 is 70.1. The molecule has 0 unspecified atom stereocenters. The van der Waals surface area contributed by atoms with E-state index in [9.17, 15) is 17.6 Å². The normalized spacial score (nSPS) is 14.7. The largest absolute Gasteiger partial charge is 0.382 e. The first-order chi connectivity index (χ1) is 14.6. The third-order valence-electron chi connectivity index (χ3n) is 3.52. The first-order valence-electron chi connectivity index (χ1n) is 11.3. The van der Waals surface area contributed by atoms with Crippen molar-refractivity contribution in [3.63, 3.8) is 0 Å². The van der Waals surface area contributed by atoms with Crippen molar-refractivity contribution in [1.82, 2.24) is 0 Å². The molecule has 32 heavy (non-hydrogen) atoms. The first-order valence-corrected chi connectivity index (χ1v) is 11.3. The van der Waals surface area contributed by atoms with Crippen LogP contribution in [0, 0.1) is 5.92 Å². The van der Waals surface area contributed by atoms with E-state index in [1.807, 2.05) is 13.8 Å². The van der Waals surface area contributed by atoms with Gasteiger partial charge in [0.2, 0.25) is 0 Å². The van der Waals surface area contributed by atoms with Gasteiger partial charge in [0.05, 0.1) is 24.4 Å². The minimum Gasteiger partial charge on any atom is -0.382 e. The van der Waals surface area contributed by atoms with Gasteiger partial charge in [0.1, 0.15) is 6.61 Å². The summed E-state index contributed by atoms with van der Waals surface area (Å²) >= 11 is 0. The molecule has 0 radical (unpaired) electrons. The molecule has 0 aromatic heterocycles. The molecule has 1 heterocycles. The van der Waals surface area contributed by atoms with Crippen molar-refractivity contribution in [1.29, 1.82) is 0 Å². The van der Waals surface area contributed by atoms with E-state index in [2.05, 4.69) is 23.3 Å². The minimum atomic E-state index is -2.69. The van der Waals surface area contributed by atoms with Gasteiger partial charge in [0, 0.05) is 33.9 Å². The Balaban J connectivity index is -0.000000365. The highest BCUT2D eigenvalue weighted by Crippen LogP contribution is 2.15. The van der Waals surface area contributed by atoms with Crippen LogP contribution in [0.1, 0.15) is 75.2 Å². The lowest BCUT2D eigenvalue weighted by Gasteiger charge is -2.22. The van der Waals surface area contributed by atoms with Crippen LogP contribution >= 0.6 is 0 Å². The van der Waals surface area contributed by atoms with Crippen LogP contribution in [-0.2, 0) is 23.7 Å². The van der Waals surface area contributed by atoms with Crippen molar-refractivity contribution in [2.45, 2.75) is 112 Å². The molecule has 198 valence electrons. The zero-order chi connectivity index (χ0) is 25.7. The van der Waals surface area contributed by atoms with E-state index in [4.69, 9.17) is 14.2 Å². The molecule has 0 bridgehead atoms. The SMILES string of the molecule is CC(C)OC(F)F.CC(C)OCC(C)(F)F.CC(C)OCC1CCOCC1.COC(C)C. The number of ether oxygens (including phenoxy) is 5. The predicted octanol–water partition coefficient (Wildman–Crippen LogP) is 6.58. The van der Waals surface area contributed by atoms with Crippen molar-refractivity contribution in [2.75, 3.05) is 33.5 Å². The molecular formula is C23H48F4O5. The van der Waals surface area contributed by atoms with Gasteiger partial charge in [-0.3, -0.25) is 0 Å². The van der Waals surface area contributed by atoms with Gasteiger partial charge in [-0.15, -0.1) is 0 Å². The molecule has 1 fully saturated rings. The van der Waals surface area contributed by atoms with Gasteiger partial charge in [0.25, 0.3) is 5.92 Å². The van der Waals surface area contributed by atoms with Gasteiger partial charge in [-0.1, -0.05) is 0 Å². The smallest absolute Gasteiger partial charge is 0.345 e. The summed E-state index contributed by atoms with van der Waals surface area (Å²) in [6.45, 7) is 15.2. The lowest BCUT2D eigenvalue weighted by atomic mass is 10.0. The summed E-state index contributed by atoms with van der Waals surface area (Å²) in [6.07, 6.45) is 2.61. The molecule has 1 rings (SSSR count). The molecule has 0 aromatic carbocycles. The molecule has 0 aliphatic carbocycles. The van der Waals surface area contributed by atoms with Crippen LogP contribution in [0.5, 0.6) is 0 Å². The average molecular weight is 481 g/mol. The third-order valence-corrected chi connectivity index (χ3v) is 3.52. The maximum atomic E-state index is 12.0. The Hall–Kier alpha value is -0.480. The number of methoxy groups -OCH3 is 1. The fourth-order valence-electron chi connectivity index (χ4n) is 1.76. The lowest BCUT2D eigenvalue weighted by molar-refractivity contribution is -0.152. The van der Waals surface area contributed by atoms with Gasteiger partial charge >= 0.3 is 6.61 Å². The Morgan fingerprint density at radius 2 is 1.25 bits per heavy atom. The Bertz CT molecular complexity index is 364. The molecule has 0 N–H and O–H groups in total. The highest BCUT2D eigenvalue weighted by Gasteiger charge is 2.21. The van der Waals surface area contributed by atoms with Gasteiger partial charge < -0.3 is 23.7 Å². The summed E-state index contributed by atoms with van der Waals surface area (Å²) in [6, 6.07) is 0. The maximum Gasteiger partial charge on any atom is 0.345 e. The molecule has 1 aliphatic rings. The summed E-state index contributed by atoms with van der Waals surface area (Å²) in [7, 11) is 1.70. The molecule has 5 nitrogen and oxygen atoms in total. The second-order valence-electron chi connectivity index (χ2n) is 8.60. The van der Waals surface area contributed by atoms with Crippen LogP contribution in [-0.4, -0.2) is 70.5 Å². The molecule has 1 aliphatic heterocycles. The third kappa shape index (κ3) is 39.9. The van der Waals surface area contributed by atoms with Gasteiger partial charge in [-0.2, -0.15) is 8.78 Å². The first kappa shape index (κ1) is 36.1. The Kier molecular flexibility index (Phi) is 25.2. The zero-order valence-electron chi connectivity index (χ0n) is 21.8. The molecule has 0 aromatic rings. The van der Waals surface area contributed by atoms with E-state index in [1.165, 1.54) is 12.8 Å². The molecule has 0 saturated carbocycles. The van der Waals surface area contributed by atoms with Crippen molar-refractivity contribution in [3.05, 3.63) is 0 Å². The Morgan fingerprint density at radius 3 is 1.47 bits per heavy atom. The monoisotopic (exact) mass is 480 g/mol. The summed E-state index contributed by atoms with van der Waals surface area (Å²) in [5.74, 6) is -1.95. The topological polar surface area (TPSA) is 46.2 Å². The van der Waals surface area contributed by atoms with E-state index in [0.717, 1.165) is 32.7 Å². The molecule has 0 spiro atoms. The van der Waals surface area contributed by atoms with Crippen LogP contribution in [0.2, 0.25) is 0 Å². The van der Waals surface area contributed by atoms with Gasteiger partial charge in [0.15, 0.2) is 0 Å². The highest BCUT2D eigenvalue weighted by molar-refractivity contribution is 4.62. The number of hydrogen-bond donors (Lipinski definition) is 0. The quantitative estimate of drug-likeness (QED) is 0.349. The highest BCUT2D eigenvalue weighted by atomic mass is 19.3. The van der Waals surface area contributed by atoms with Gasteiger partial charge in [-0.05, 0) is 74.1 Å². The van der Waals surface area contributed by atoms with E-state index in [-0.39, 0.29) is 12.2 Å². The second kappa shape index (κ2) is 22.3. The molecule has 9 heteroatoms. The zero-order valence-corrected chi connectivity index (χ0v) is 21.8. The molecule has 0 amide bonds. The number of halogens is 4. The Labute approximate surface area is 193 Å². The van der Waals surface area contributed by atoms with Crippen molar-refractivity contribution >= 4 is 0 Å². The second-order valence-corrected chi connectivity index (χ2v) is 8.60. The fraction of sp³-hybridized carbons (Fsp3) is 1.00. The van der Waals surface area contributed by atoms with Crippen molar-refractivity contribution < 1.29 is 41.2 Å². The summed E-state index contributed by atoms with van der Waals surface area (Å²) in [4.78, 5) is 0. The lowest BCUT2D eigenvalue weighted by Crippen LogP contribution is -2.21. The van der Waals surface area contributed by atoms with Crippen LogP contribution in [0.15, 0.2) is 0 Å². The minimum absolute atomic E-state index is 0.115. The molecular weight excluding hydrogens is 432 g/mol. The van der Waals surface area contributed by atoms with Gasteiger partial charge in [-0.25, -0.2) is 8.78 Å². The number of hydrogen-bond acceptors (Lipinski definition) is 5. The maximum absolute atomic E-state index is 12.0. The molecule has 1 saturated heterocycles.